The van der Waals surface area contributed by atoms with Gasteiger partial charge in [0, 0.05) is 17.1 Å². The van der Waals surface area contributed by atoms with Crippen molar-refractivity contribution in [3.8, 4) is 5.69 Å². The highest BCUT2D eigenvalue weighted by Crippen LogP contribution is 2.36. The van der Waals surface area contributed by atoms with Gasteiger partial charge in [-0.1, -0.05) is 56.0 Å². The van der Waals surface area contributed by atoms with Crippen molar-refractivity contribution >= 4 is 33.3 Å². The molecule has 146 valence electrons. The number of para-hydroxylation sites is 1. The van der Waals surface area contributed by atoms with Crippen LogP contribution in [0.2, 0.25) is 0 Å². The predicted octanol–water partition coefficient (Wildman–Crippen LogP) is 5.21. The summed E-state index contributed by atoms with van der Waals surface area (Å²) in [6.45, 7) is 10.9. The van der Waals surface area contributed by atoms with Gasteiger partial charge < -0.3 is 4.74 Å². The zero-order chi connectivity index (χ0) is 19.8. The monoisotopic (exact) mass is 412 g/mol. The molecule has 1 aliphatic heterocycles. The molecule has 0 spiro atoms. The van der Waals surface area contributed by atoms with Crippen molar-refractivity contribution in [3.63, 3.8) is 0 Å². The van der Waals surface area contributed by atoms with Crippen molar-refractivity contribution in [2.45, 2.75) is 45.1 Å². The van der Waals surface area contributed by atoms with E-state index in [1.54, 1.807) is 27.7 Å². The molecule has 2 aromatic heterocycles. The number of nitrogens with zero attached hydrogens (tertiary/aromatic N) is 2. The molecule has 1 atom stereocenters. The van der Waals surface area contributed by atoms with Crippen LogP contribution in [0, 0.1) is 5.92 Å². The van der Waals surface area contributed by atoms with E-state index in [4.69, 9.17) is 9.72 Å². The molecule has 0 bridgehead atoms. The topological polar surface area (TPSA) is 44.1 Å². The fourth-order valence-corrected chi connectivity index (χ4v) is 5.45. The maximum atomic E-state index is 13.7. The van der Waals surface area contributed by atoms with Crippen LogP contribution in [-0.2, 0) is 17.8 Å². The first-order chi connectivity index (χ1) is 13.5. The van der Waals surface area contributed by atoms with Crippen LogP contribution >= 0.6 is 23.1 Å². The summed E-state index contributed by atoms with van der Waals surface area (Å²) in [4.78, 5) is 20.5. The molecule has 0 N–H and O–H groups in total. The molecule has 4 nitrogen and oxygen atoms in total. The summed E-state index contributed by atoms with van der Waals surface area (Å²) >= 11 is 3.15. The van der Waals surface area contributed by atoms with Gasteiger partial charge in [0.05, 0.1) is 23.8 Å². The van der Waals surface area contributed by atoms with Gasteiger partial charge >= 0.3 is 0 Å². The lowest BCUT2D eigenvalue weighted by Crippen LogP contribution is -2.28. The van der Waals surface area contributed by atoms with E-state index in [0.717, 1.165) is 44.1 Å². The molecule has 0 aliphatic carbocycles. The van der Waals surface area contributed by atoms with E-state index in [1.807, 2.05) is 37.3 Å². The van der Waals surface area contributed by atoms with Gasteiger partial charge in [-0.3, -0.25) is 9.36 Å². The molecule has 0 amide bonds. The molecule has 0 fully saturated rings. The number of hydrogen-bond donors (Lipinski definition) is 0. The molecule has 1 aromatic carbocycles. The lowest BCUT2D eigenvalue weighted by molar-refractivity contribution is 0.00200. The quantitative estimate of drug-likeness (QED) is 0.328. The number of hydrogen-bond acceptors (Lipinski definition) is 5. The van der Waals surface area contributed by atoms with Gasteiger partial charge in [0.15, 0.2) is 5.16 Å². The zero-order valence-electron chi connectivity index (χ0n) is 16.4. The molecule has 6 heteroatoms. The van der Waals surface area contributed by atoms with Gasteiger partial charge in [-0.2, -0.15) is 0 Å². The minimum atomic E-state index is 0.0160. The van der Waals surface area contributed by atoms with Crippen LogP contribution in [0.1, 0.15) is 31.2 Å². The molecule has 0 saturated carbocycles. The SMILES string of the molecule is C=C(C)CSc1nc2sc3c(c2c(=O)n1-c1ccccc1)C[C@H](C(C)C)OC3. The van der Waals surface area contributed by atoms with Gasteiger partial charge in [-0.25, -0.2) is 4.98 Å². The highest BCUT2D eigenvalue weighted by molar-refractivity contribution is 7.99. The predicted molar refractivity (Wildman–Crippen MR) is 118 cm³/mol. The van der Waals surface area contributed by atoms with Crippen LogP contribution in [0.4, 0.5) is 0 Å². The summed E-state index contributed by atoms with van der Waals surface area (Å²) in [5.41, 5.74) is 3.04. The second-order valence-electron chi connectivity index (χ2n) is 7.60. The minimum Gasteiger partial charge on any atom is -0.372 e. The summed E-state index contributed by atoms with van der Waals surface area (Å²) in [6.07, 6.45) is 0.920. The molecule has 0 unspecified atom stereocenters. The molecule has 3 heterocycles. The third-order valence-electron chi connectivity index (χ3n) is 4.92. The Morgan fingerprint density at radius 2 is 2.14 bits per heavy atom. The number of thiophene rings is 1. The Labute approximate surface area is 173 Å². The largest absolute Gasteiger partial charge is 0.372 e. The van der Waals surface area contributed by atoms with E-state index in [9.17, 15) is 4.79 Å². The van der Waals surface area contributed by atoms with Gasteiger partial charge in [0.2, 0.25) is 0 Å². The van der Waals surface area contributed by atoms with Crippen LogP contribution in [0.3, 0.4) is 0 Å². The summed E-state index contributed by atoms with van der Waals surface area (Å²) < 4.78 is 7.77. The van der Waals surface area contributed by atoms with Crippen LogP contribution < -0.4 is 5.56 Å². The number of ether oxygens (including phenoxy) is 1. The standard InChI is InChI=1S/C22H24N2O2S2/c1-13(2)12-27-22-23-20-19(21(25)24(22)15-8-6-5-7-9-15)16-10-17(14(3)4)26-11-18(16)28-20/h5-9,14,17H,1,10-12H2,2-4H3/t17-/m1/s1. The first kappa shape index (κ1) is 19.4. The second-order valence-corrected chi connectivity index (χ2v) is 9.62. The number of thioether (sulfide) groups is 1. The van der Waals surface area contributed by atoms with E-state index in [-0.39, 0.29) is 11.7 Å². The van der Waals surface area contributed by atoms with E-state index in [2.05, 4.69) is 20.4 Å². The molecule has 1 aliphatic rings. The fourth-order valence-electron chi connectivity index (χ4n) is 3.43. The van der Waals surface area contributed by atoms with Crippen LogP contribution in [0.5, 0.6) is 0 Å². The number of rotatable bonds is 5. The molecule has 3 aromatic rings. The molecular weight excluding hydrogens is 388 g/mol. The zero-order valence-corrected chi connectivity index (χ0v) is 18.0. The van der Waals surface area contributed by atoms with Crippen molar-refractivity contribution in [3.05, 3.63) is 63.3 Å². The highest BCUT2D eigenvalue weighted by Gasteiger charge is 2.28. The van der Waals surface area contributed by atoms with Gasteiger partial charge in [-0.05, 0) is 30.5 Å². The Morgan fingerprint density at radius 3 is 2.82 bits per heavy atom. The van der Waals surface area contributed by atoms with Crippen molar-refractivity contribution in [2.24, 2.45) is 5.92 Å². The van der Waals surface area contributed by atoms with Crippen molar-refractivity contribution in [2.75, 3.05) is 5.75 Å². The third kappa shape index (κ3) is 3.56. The summed E-state index contributed by atoms with van der Waals surface area (Å²) in [7, 11) is 0. The minimum absolute atomic E-state index is 0.0160. The second kappa shape index (κ2) is 7.85. The molecule has 0 saturated heterocycles. The van der Waals surface area contributed by atoms with Gasteiger partial charge in [-0.15, -0.1) is 11.3 Å². The van der Waals surface area contributed by atoms with Gasteiger partial charge in [0.25, 0.3) is 5.56 Å². The number of aromatic nitrogens is 2. The maximum absolute atomic E-state index is 13.7. The summed E-state index contributed by atoms with van der Waals surface area (Å²) in [5.74, 6) is 1.15. The van der Waals surface area contributed by atoms with Crippen molar-refractivity contribution in [1.29, 1.82) is 0 Å². The summed E-state index contributed by atoms with van der Waals surface area (Å²) in [5, 5.41) is 1.48. The lowest BCUT2D eigenvalue weighted by atomic mass is 9.96. The van der Waals surface area contributed by atoms with Crippen molar-refractivity contribution in [1.82, 2.24) is 9.55 Å². The van der Waals surface area contributed by atoms with E-state index < -0.39 is 0 Å². The van der Waals surface area contributed by atoms with Crippen LogP contribution in [0.15, 0.2) is 52.4 Å². The Balaban J connectivity index is 1.93. The Kier molecular flexibility index (Phi) is 5.45. The first-order valence-electron chi connectivity index (χ1n) is 9.47. The van der Waals surface area contributed by atoms with E-state index >= 15 is 0 Å². The average Bonchev–Trinajstić information content (AvgIpc) is 3.04. The third-order valence-corrected chi connectivity index (χ3v) is 7.19. The maximum Gasteiger partial charge on any atom is 0.267 e. The Morgan fingerprint density at radius 1 is 1.39 bits per heavy atom. The Hall–Kier alpha value is -1.89. The number of fused-ring (bicyclic) bond motifs is 3. The summed E-state index contributed by atoms with van der Waals surface area (Å²) in [6, 6.07) is 9.77. The van der Waals surface area contributed by atoms with E-state index in [0.29, 0.717) is 17.7 Å². The first-order valence-corrected chi connectivity index (χ1v) is 11.3. The molecule has 4 rings (SSSR count). The number of benzene rings is 1. The normalized spacial score (nSPS) is 16.5. The van der Waals surface area contributed by atoms with E-state index in [1.165, 1.54) is 0 Å². The highest BCUT2D eigenvalue weighted by atomic mass is 32.2. The van der Waals surface area contributed by atoms with Crippen molar-refractivity contribution < 1.29 is 4.74 Å². The van der Waals surface area contributed by atoms with Crippen LogP contribution in [0.25, 0.3) is 15.9 Å². The van der Waals surface area contributed by atoms with Gasteiger partial charge in [0.1, 0.15) is 4.83 Å². The Bertz CT molecular complexity index is 1080. The average molecular weight is 413 g/mol. The molecule has 0 radical (unpaired) electrons. The fraction of sp³-hybridized carbons (Fsp3) is 0.364. The smallest absolute Gasteiger partial charge is 0.267 e. The molecular formula is C22H24N2O2S2. The lowest BCUT2D eigenvalue weighted by Gasteiger charge is -2.26. The van der Waals surface area contributed by atoms with Crippen LogP contribution in [-0.4, -0.2) is 21.4 Å². The molecule has 28 heavy (non-hydrogen) atoms.